The molecule has 2 heterocycles. The Hall–Kier alpha value is -1.43. The number of nitrogens with one attached hydrogen (secondary N) is 1. The first kappa shape index (κ1) is 11.6. The van der Waals surface area contributed by atoms with Crippen LogP contribution in [-0.2, 0) is 16.1 Å². The number of nitrogens with zero attached hydrogens (tertiary/aromatic N) is 2. The molecule has 2 atom stereocenters. The zero-order chi connectivity index (χ0) is 12.7. The summed E-state index contributed by atoms with van der Waals surface area (Å²) in [5, 5.41) is 4.06. The maximum Gasteiger partial charge on any atom is 0.233 e. The fourth-order valence-electron chi connectivity index (χ4n) is 2.26. The Morgan fingerprint density at radius 3 is 2.83 bits per heavy atom. The normalized spacial score (nSPS) is 25.5. The molecular weight excluding hydrogens is 250 g/mol. The van der Waals surface area contributed by atoms with Gasteiger partial charge in [0.1, 0.15) is 0 Å². The molecule has 2 aliphatic rings. The third-order valence-corrected chi connectivity index (χ3v) is 4.29. The number of amides is 2. The van der Waals surface area contributed by atoms with E-state index < -0.39 is 0 Å². The third kappa shape index (κ3) is 1.90. The van der Waals surface area contributed by atoms with E-state index in [1.54, 1.807) is 6.20 Å². The Labute approximate surface area is 109 Å². The molecule has 5 nitrogen and oxygen atoms in total. The zero-order valence-corrected chi connectivity index (χ0v) is 11.0. The van der Waals surface area contributed by atoms with Crippen LogP contribution in [0.1, 0.15) is 24.6 Å². The van der Waals surface area contributed by atoms with E-state index >= 15 is 0 Å². The minimum atomic E-state index is -0.0110. The summed E-state index contributed by atoms with van der Waals surface area (Å²) in [6.07, 6.45) is 3.55. The second-order valence-corrected chi connectivity index (χ2v) is 5.89. The highest BCUT2D eigenvalue weighted by atomic mass is 32.1. The van der Waals surface area contributed by atoms with E-state index in [0.717, 1.165) is 29.4 Å². The maximum atomic E-state index is 11.8. The lowest BCUT2D eigenvalue weighted by atomic mass is 10.4. The van der Waals surface area contributed by atoms with E-state index in [1.807, 2.05) is 0 Å². The van der Waals surface area contributed by atoms with Crippen molar-refractivity contribution in [1.29, 1.82) is 0 Å². The van der Waals surface area contributed by atoms with Gasteiger partial charge in [0.05, 0.1) is 18.4 Å². The van der Waals surface area contributed by atoms with Crippen molar-refractivity contribution >= 4 is 28.3 Å². The Balaban J connectivity index is 1.64. The Morgan fingerprint density at radius 2 is 2.17 bits per heavy atom. The summed E-state index contributed by atoms with van der Waals surface area (Å²) in [6, 6.07) is 0. The Bertz CT molecular complexity index is 479. The van der Waals surface area contributed by atoms with Crippen molar-refractivity contribution in [2.24, 2.45) is 11.8 Å². The maximum absolute atomic E-state index is 11.8. The first-order valence-corrected chi connectivity index (χ1v) is 7.06. The van der Waals surface area contributed by atoms with Gasteiger partial charge in [0.15, 0.2) is 5.13 Å². The number of imide groups is 1. The van der Waals surface area contributed by atoms with Crippen LogP contribution >= 0.6 is 11.3 Å². The standard InChI is InChI=1S/C12H15N3O2S/c1-2-3-13-12-14-5-7(18-12)6-15-10(16)8-4-9(8)11(15)17/h5,8-9H,2-4,6H2,1H3,(H,13,14). The van der Waals surface area contributed by atoms with Crippen LogP contribution in [0.5, 0.6) is 0 Å². The van der Waals surface area contributed by atoms with Gasteiger partial charge in [-0.2, -0.15) is 0 Å². The van der Waals surface area contributed by atoms with E-state index in [1.165, 1.54) is 16.2 Å². The average Bonchev–Trinajstić information content (AvgIpc) is 2.99. The molecule has 1 saturated heterocycles. The van der Waals surface area contributed by atoms with Gasteiger partial charge >= 0.3 is 0 Å². The number of anilines is 1. The smallest absolute Gasteiger partial charge is 0.233 e. The summed E-state index contributed by atoms with van der Waals surface area (Å²) in [4.78, 5) is 30.2. The molecule has 3 rings (SSSR count). The van der Waals surface area contributed by atoms with Crippen molar-refractivity contribution in [3.8, 4) is 0 Å². The van der Waals surface area contributed by atoms with Gasteiger partial charge in [0, 0.05) is 17.6 Å². The van der Waals surface area contributed by atoms with Gasteiger partial charge in [-0.3, -0.25) is 14.5 Å². The summed E-state index contributed by atoms with van der Waals surface area (Å²) in [5.41, 5.74) is 0. The number of aromatic nitrogens is 1. The van der Waals surface area contributed by atoms with Crippen LogP contribution in [0.4, 0.5) is 5.13 Å². The van der Waals surface area contributed by atoms with Crippen molar-refractivity contribution in [3.63, 3.8) is 0 Å². The number of rotatable bonds is 5. The molecular formula is C12H15N3O2S. The molecule has 1 aromatic heterocycles. The van der Waals surface area contributed by atoms with Crippen LogP contribution in [0.25, 0.3) is 0 Å². The van der Waals surface area contributed by atoms with Crippen molar-refractivity contribution in [1.82, 2.24) is 9.88 Å². The summed E-state index contributed by atoms with van der Waals surface area (Å²) >= 11 is 1.51. The Morgan fingerprint density at radius 1 is 1.44 bits per heavy atom. The van der Waals surface area contributed by atoms with Gasteiger partial charge < -0.3 is 5.32 Å². The minimum absolute atomic E-state index is 0.00136. The predicted molar refractivity (Wildman–Crippen MR) is 68.0 cm³/mol. The van der Waals surface area contributed by atoms with E-state index in [2.05, 4.69) is 17.2 Å². The van der Waals surface area contributed by atoms with Crippen molar-refractivity contribution in [2.45, 2.75) is 26.3 Å². The largest absolute Gasteiger partial charge is 0.362 e. The molecule has 0 aromatic carbocycles. The van der Waals surface area contributed by atoms with Crippen LogP contribution in [0.3, 0.4) is 0 Å². The van der Waals surface area contributed by atoms with Crippen molar-refractivity contribution in [2.75, 3.05) is 11.9 Å². The highest BCUT2D eigenvalue weighted by Gasteiger charge is 2.58. The van der Waals surface area contributed by atoms with Crippen LogP contribution in [0.2, 0.25) is 0 Å². The fraction of sp³-hybridized carbons (Fsp3) is 0.583. The number of carbonyl (C=O) groups excluding carboxylic acids is 2. The molecule has 2 fully saturated rings. The number of hydrogen-bond acceptors (Lipinski definition) is 5. The van der Waals surface area contributed by atoms with Crippen LogP contribution in [-0.4, -0.2) is 28.2 Å². The van der Waals surface area contributed by atoms with Gasteiger partial charge in [-0.15, -0.1) is 11.3 Å². The lowest BCUT2D eigenvalue weighted by molar-refractivity contribution is -0.141. The number of likely N-dealkylation sites (tertiary alicyclic amines) is 1. The summed E-state index contributed by atoms with van der Waals surface area (Å²) in [7, 11) is 0. The average molecular weight is 265 g/mol. The molecule has 1 aliphatic heterocycles. The second-order valence-electron chi connectivity index (χ2n) is 4.77. The molecule has 0 bridgehead atoms. The molecule has 1 N–H and O–H groups in total. The van der Waals surface area contributed by atoms with E-state index in [0.29, 0.717) is 6.54 Å². The van der Waals surface area contributed by atoms with Crippen LogP contribution in [0.15, 0.2) is 6.20 Å². The van der Waals surface area contributed by atoms with E-state index in [-0.39, 0.29) is 23.7 Å². The quantitative estimate of drug-likeness (QED) is 0.819. The topological polar surface area (TPSA) is 62.3 Å². The highest BCUT2D eigenvalue weighted by molar-refractivity contribution is 7.15. The van der Waals surface area contributed by atoms with E-state index in [9.17, 15) is 9.59 Å². The molecule has 1 aliphatic carbocycles. The first-order chi connectivity index (χ1) is 8.70. The molecule has 2 amide bonds. The van der Waals surface area contributed by atoms with E-state index in [4.69, 9.17) is 0 Å². The molecule has 0 spiro atoms. The number of fused-ring (bicyclic) bond motifs is 1. The van der Waals surface area contributed by atoms with Gasteiger partial charge in [-0.25, -0.2) is 4.98 Å². The van der Waals surface area contributed by atoms with Crippen LogP contribution in [0, 0.1) is 11.8 Å². The summed E-state index contributed by atoms with van der Waals surface area (Å²) in [5.74, 6) is -0.0193. The molecule has 0 radical (unpaired) electrons. The van der Waals surface area contributed by atoms with Crippen molar-refractivity contribution in [3.05, 3.63) is 11.1 Å². The molecule has 6 heteroatoms. The number of piperidine rings is 1. The number of thiazole rings is 1. The second kappa shape index (κ2) is 4.35. The monoisotopic (exact) mass is 265 g/mol. The van der Waals surface area contributed by atoms with Gasteiger partial charge in [-0.05, 0) is 12.8 Å². The SMILES string of the molecule is CCCNc1ncc(CN2C(=O)C3CC3C2=O)s1. The summed E-state index contributed by atoms with van der Waals surface area (Å²) < 4.78 is 0. The van der Waals surface area contributed by atoms with Gasteiger partial charge in [-0.1, -0.05) is 6.92 Å². The highest BCUT2D eigenvalue weighted by Crippen LogP contribution is 2.47. The lowest BCUT2D eigenvalue weighted by Crippen LogP contribution is -2.31. The van der Waals surface area contributed by atoms with Crippen molar-refractivity contribution < 1.29 is 9.59 Å². The number of carbonyl (C=O) groups is 2. The fourth-order valence-corrected chi connectivity index (χ4v) is 3.08. The van der Waals surface area contributed by atoms with Gasteiger partial charge in [0.25, 0.3) is 0 Å². The zero-order valence-electron chi connectivity index (χ0n) is 10.2. The molecule has 1 saturated carbocycles. The minimum Gasteiger partial charge on any atom is -0.362 e. The Kier molecular flexibility index (Phi) is 2.81. The third-order valence-electron chi connectivity index (χ3n) is 3.35. The molecule has 96 valence electrons. The molecule has 1 aromatic rings. The predicted octanol–water partition coefficient (Wildman–Crippen LogP) is 1.47. The number of hydrogen-bond donors (Lipinski definition) is 1. The molecule has 2 unspecified atom stereocenters. The molecule has 18 heavy (non-hydrogen) atoms. The van der Waals surface area contributed by atoms with Gasteiger partial charge in [0.2, 0.25) is 11.8 Å². The lowest BCUT2D eigenvalue weighted by Gasteiger charge is -2.14. The summed E-state index contributed by atoms with van der Waals surface area (Å²) in [6.45, 7) is 3.37. The first-order valence-electron chi connectivity index (χ1n) is 6.24. The van der Waals surface area contributed by atoms with Crippen LogP contribution < -0.4 is 5.32 Å².